The zero-order valence-corrected chi connectivity index (χ0v) is 8.33. The molecule has 0 unspecified atom stereocenters. The Bertz CT molecular complexity index is 428. The molecule has 0 fully saturated rings. The van der Waals surface area contributed by atoms with Crippen LogP contribution in [0.4, 0.5) is 10.1 Å². The lowest BCUT2D eigenvalue weighted by atomic mass is 10.1. The fourth-order valence-electron chi connectivity index (χ4n) is 2.17. The van der Waals surface area contributed by atoms with E-state index >= 15 is 0 Å². The van der Waals surface area contributed by atoms with Crippen molar-refractivity contribution < 1.29 is 4.39 Å². The van der Waals surface area contributed by atoms with Crippen LogP contribution in [0.5, 0.6) is 0 Å². The van der Waals surface area contributed by atoms with Gasteiger partial charge in [-0.05, 0) is 23.8 Å². The number of aliphatic imine (C=N–C) groups is 1. The Labute approximate surface area is 87.6 Å². The van der Waals surface area contributed by atoms with Crippen molar-refractivity contribution in [1.29, 1.82) is 0 Å². The van der Waals surface area contributed by atoms with Crippen molar-refractivity contribution in [3.63, 3.8) is 0 Å². The quantitative estimate of drug-likeness (QED) is 0.688. The minimum absolute atomic E-state index is 0.171. The molecule has 0 atom stereocenters. The van der Waals surface area contributed by atoms with E-state index in [1.807, 2.05) is 6.07 Å². The normalized spacial score (nSPS) is 19.3. The molecule has 3 nitrogen and oxygen atoms in total. The van der Waals surface area contributed by atoms with Crippen LogP contribution in [0.2, 0.25) is 0 Å². The summed E-state index contributed by atoms with van der Waals surface area (Å²) < 4.78 is 13.1. The lowest BCUT2D eigenvalue weighted by molar-refractivity contribution is 0.624. The second-order valence-corrected chi connectivity index (χ2v) is 3.83. The molecule has 2 heterocycles. The molecule has 0 saturated carbocycles. The van der Waals surface area contributed by atoms with E-state index in [-0.39, 0.29) is 5.82 Å². The summed E-state index contributed by atoms with van der Waals surface area (Å²) in [6.07, 6.45) is 0. The van der Waals surface area contributed by atoms with Gasteiger partial charge in [-0.3, -0.25) is 4.99 Å². The molecular weight excluding hydrogens is 193 g/mol. The first-order valence-electron chi connectivity index (χ1n) is 5.14. The molecule has 78 valence electrons. The third kappa shape index (κ3) is 1.41. The van der Waals surface area contributed by atoms with Crippen molar-refractivity contribution in [3.05, 3.63) is 29.6 Å². The van der Waals surface area contributed by atoms with Gasteiger partial charge in [-0.25, -0.2) is 4.39 Å². The van der Waals surface area contributed by atoms with Gasteiger partial charge in [0.15, 0.2) is 0 Å². The smallest absolute Gasteiger partial charge is 0.123 e. The molecule has 0 aromatic heterocycles. The average Bonchev–Trinajstić information content (AvgIpc) is 2.61. The first-order chi connectivity index (χ1) is 7.34. The minimum Gasteiger partial charge on any atom is -0.327 e. The Morgan fingerprint density at radius 2 is 2.27 bits per heavy atom. The number of benzene rings is 1. The van der Waals surface area contributed by atoms with Crippen molar-refractivity contribution in [2.75, 3.05) is 24.5 Å². The molecule has 0 radical (unpaired) electrons. The standard InChI is InChI=1S/C11H12FN3/c12-9-1-2-10-8(5-9)6-13-7-11-14-3-4-15(10)11/h1-2,5,13H,3-4,6-7H2. The van der Waals surface area contributed by atoms with Crippen LogP contribution >= 0.6 is 0 Å². The topological polar surface area (TPSA) is 27.6 Å². The maximum atomic E-state index is 13.1. The fourth-order valence-corrected chi connectivity index (χ4v) is 2.17. The molecule has 4 heteroatoms. The van der Waals surface area contributed by atoms with E-state index in [4.69, 9.17) is 0 Å². The summed E-state index contributed by atoms with van der Waals surface area (Å²) in [7, 11) is 0. The van der Waals surface area contributed by atoms with Crippen molar-refractivity contribution in [1.82, 2.24) is 5.32 Å². The van der Waals surface area contributed by atoms with E-state index in [0.717, 1.165) is 36.7 Å². The van der Waals surface area contributed by atoms with E-state index in [2.05, 4.69) is 15.2 Å². The largest absolute Gasteiger partial charge is 0.327 e. The maximum Gasteiger partial charge on any atom is 0.123 e. The van der Waals surface area contributed by atoms with Crippen LogP contribution in [0.1, 0.15) is 5.56 Å². The second-order valence-electron chi connectivity index (χ2n) is 3.83. The first-order valence-corrected chi connectivity index (χ1v) is 5.14. The Balaban J connectivity index is 2.10. The summed E-state index contributed by atoms with van der Waals surface area (Å²) in [6, 6.07) is 4.96. The number of nitrogens with one attached hydrogen (secondary N) is 1. The molecule has 0 saturated heterocycles. The Morgan fingerprint density at radius 1 is 1.33 bits per heavy atom. The number of rotatable bonds is 0. The Morgan fingerprint density at radius 3 is 3.20 bits per heavy atom. The highest BCUT2D eigenvalue weighted by molar-refractivity contribution is 6.01. The van der Waals surface area contributed by atoms with Gasteiger partial charge in [0, 0.05) is 18.8 Å². The molecule has 3 rings (SSSR count). The lowest BCUT2D eigenvalue weighted by Gasteiger charge is -2.19. The molecule has 1 aromatic carbocycles. The van der Waals surface area contributed by atoms with Crippen LogP contribution in [0.25, 0.3) is 0 Å². The van der Waals surface area contributed by atoms with Gasteiger partial charge in [0.05, 0.1) is 13.1 Å². The third-order valence-corrected chi connectivity index (χ3v) is 2.86. The molecule has 2 aliphatic heterocycles. The van der Waals surface area contributed by atoms with E-state index in [1.165, 1.54) is 6.07 Å². The van der Waals surface area contributed by atoms with E-state index in [9.17, 15) is 4.39 Å². The lowest BCUT2D eigenvalue weighted by Crippen LogP contribution is -2.32. The predicted molar refractivity (Wildman–Crippen MR) is 57.8 cm³/mol. The number of halogens is 1. The molecule has 0 amide bonds. The number of hydrogen-bond acceptors (Lipinski definition) is 3. The van der Waals surface area contributed by atoms with Crippen LogP contribution in [-0.2, 0) is 6.54 Å². The summed E-state index contributed by atoms with van der Waals surface area (Å²) in [5.41, 5.74) is 2.11. The number of fused-ring (bicyclic) bond motifs is 3. The highest BCUT2D eigenvalue weighted by Gasteiger charge is 2.23. The zero-order valence-electron chi connectivity index (χ0n) is 8.33. The van der Waals surface area contributed by atoms with Crippen LogP contribution in [0.15, 0.2) is 23.2 Å². The van der Waals surface area contributed by atoms with Crippen molar-refractivity contribution in [3.8, 4) is 0 Å². The average molecular weight is 205 g/mol. The number of anilines is 1. The fraction of sp³-hybridized carbons (Fsp3) is 0.364. The number of hydrogen-bond donors (Lipinski definition) is 1. The van der Waals surface area contributed by atoms with Crippen molar-refractivity contribution in [2.24, 2.45) is 4.99 Å². The summed E-state index contributed by atoms with van der Waals surface area (Å²) in [4.78, 5) is 6.60. The molecule has 0 aliphatic carbocycles. The SMILES string of the molecule is Fc1ccc2c(c1)CNCC1=NCCN12. The predicted octanol–water partition coefficient (Wildman–Crippen LogP) is 1.15. The van der Waals surface area contributed by atoms with Crippen LogP contribution in [-0.4, -0.2) is 25.5 Å². The van der Waals surface area contributed by atoms with E-state index in [0.29, 0.717) is 6.54 Å². The van der Waals surface area contributed by atoms with E-state index < -0.39 is 0 Å². The highest BCUT2D eigenvalue weighted by Crippen LogP contribution is 2.25. The zero-order chi connectivity index (χ0) is 10.3. The van der Waals surface area contributed by atoms with Crippen LogP contribution < -0.4 is 10.2 Å². The van der Waals surface area contributed by atoms with Gasteiger partial charge in [0.25, 0.3) is 0 Å². The van der Waals surface area contributed by atoms with Gasteiger partial charge >= 0.3 is 0 Å². The summed E-state index contributed by atoms with van der Waals surface area (Å²) >= 11 is 0. The van der Waals surface area contributed by atoms with Gasteiger partial charge in [0.2, 0.25) is 0 Å². The van der Waals surface area contributed by atoms with Gasteiger partial charge in [0.1, 0.15) is 11.7 Å². The molecular formula is C11H12FN3. The van der Waals surface area contributed by atoms with Gasteiger partial charge in [-0.2, -0.15) is 0 Å². The summed E-state index contributed by atoms with van der Waals surface area (Å²) in [6.45, 7) is 3.24. The minimum atomic E-state index is -0.171. The number of nitrogens with zero attached hydrogens (tertiary/aromatic N) is 2. The highest BCUT2D eigenvalue weighted by atomic mass is 19.1. The summed E-state index contributed by atoms with van der Waals surface area (Å²) in [5.74, 6) is 0.899. The first kappa shape index (κ1) is 8.85. The molecule has 0 bridgehead atoms. The second kappa shape index (κ2) is 3.31. The van der Waals surface area contributed by atoms with Gasteiger partial charge < -0.3 is 10.2 Å². The summed E-state index contributed by atoms with van der Waals surface area (Å²) in [5, 5.41) is 3.26. The van der Waals surface area contributed by atoms with Crippen molar-refractivity contribution in [2.45, 2.75) is 6.54 Å². The Kier molecular flexibility index (Phi) is 1.95. The monoisotopic (exact) mass is 205 g/mol. The van der Waals surface area contributed by atoms with Crippen molar-refractivity contribution >= 4 is 11.5 Å². The number of amidine groups is 1. The molecule has 0 spiro atoms. The van der Waals surface area contributed by atoms with Gasteiger partial charge in [-0.15, -0.1) is 0 Å². The molecule has 15 heavy (non-hydrogen) atoms. The van der Waals surface area contributed by atoms with Gasteiger partial charge in [-0.1, -0.05) is 0 Å². The molecule has 1 aromatic rings. The van der Waals surface area contributed by atoms with Crippen LogP contribution in [0.3, 0.4) is 0 Å². The Hall–Kier alpha value is -1.42. The maximum absolute atomic E-state index is 13.1. The molecule has 1 N–H and O–H groups in total. The van der Waals surface area contributed by atoms with Crippen LogP contribution in [0, 0.1) is 5.82 Å². The molecule has 2 aliphatic rings. The van der Waals surface area contributed by atoms with E-state index in [1.54, 1.807) is 6.07 Å². The third-order valence-electron chi connectivity index (χ3n) is 2.86.